The van der Waals surface area contributed by atoms with Gasteiger partial charge in [-0.15, -0.1) is 11.3 Å². The van der Waals surface area contributed by atoms with Gasteiger partial charge in [0.15, 0.2) is 5.69 Å². The first kappa shape index (κ1) is 22.0. The molecule has 0 fully saturated rings. The number of carbonyl (C=O) groups is 1. The van der Waals surface area contributed by atoms with Crippen LogP contribution < -0.4 is 21.9 Å². The van der Waals surface area contributed by atoms with Crippen LogP contribution in [-0.4, -0.2) is 37.7 Å². The van der Waals surface area contributed by atoms with Crippen LogP contribution in [-0.2, 0) is 11.3 Å². The average Bonchev–Trinajstić information content (AvgIpc) is 3.21. The van der Waals surface area contributed by atoms with Crippen molar-refractivity contribution in [1.29, 1.82) is 0 Å². The van der Waals surface area contributed by atoms with Crippen LogP contribution in [0.2, 0.25) is 0 Å². The van der Waals surface area contributed by atoms with Gasteiger partial charge in [-0.25, -0.2) is 14.8 Å². The molecule has 9 nitrogen and oxygen atoms in total. The number of thioether (sulfide) groups is 1. The summed E-state index contributed by atoms with van der Waals surface area (Å²) >= 11 is 2.80. The largest absolute Gasteiger partial charge is 0.383 e. The molecule has 0 aromatic carbocycles. The van der Waals surface area contributed by atoms with Crippen LogP contribution >= 0.6 is 23.1 Å². The van der Waals surface area contributed by atoms with Crippen molar-refractivity contribution in [2.45, 2.75) is 44.7 Å². The topological polar surface area (TPSA) is 127 Å². The molecule has 160 valence electrons. The molecule has 0 aliphatic heterocycles. The highest BCUT2D eigenvalue weighted by Gasteiger charge is 2.24. The number of nitrogens with one attached hydrogen (secondary N) is 1. The summed E-state index contributed by atoms with van der Waals surface area (Å²) in [6.07, 6.45) is 3.68. The number of rotatable bonds is 9. The molecule has 0 bridgehead atoms. The second-order valence-electron chi connectivity index (χ2n) is 6.65. The molecule has 1 amide bonds. The Morgan fingerprint density at radius 1 is 1.30 bits per heavy atom. The number of thiophene rings is 1. The molecular formula is C19H24N6O3S2. The van der Waals surface area contributed by atoms with Crippen LogP contribution in [0.1, 0.15) is 33.1 Å². The van der Waals surface area contributed by atoms with Crippen LogP contribution in [0.15, 0.2) is 32.4 Å². The lowest BCUT2D eigenvalue weighted by Gasteiger charge is -2.24. The third kappa shape index (κ3) is 4.57. The van der Waals surface area contributed by atoms with Crippen LogP contribution in [0.3, 0.4) is 0 Å². The molecule has 0 unspecified atom stereocenters. The maximum atomic E-state index is 13.1. The molecule has 3 rings (SSSR count). The minimum atomic E-state index is -0.651. The number of H-pyrrole nitrogens is 1. The van der Waals surface area contributed by atoms with Crippen LogP contribution in [0.25, 0.3) is 10.2 Å². The molecule has 0 spiro atoms. The smallest absolute Gasteiger partial charge is 0.330 e. The van der Waals surface area contributed by atoms with Crippen LogP contribution in [0.4, 0.5) is 11.5 Å². The summed E-state index contributed by atoms with van der Waals surface area (Å²) in [5, 5.41) is 3.54. The number of amides is 1. The monoisotopic (exact) mass is 448 g/mol. The van der Waals surface area contributed by atoms with E-state index in [-0.39, 0.29) is 23.2 Å². The number of unbranched alkanes of at least 4 members (excludes halogenated alkanes) is 1. The van der Waals surface area contributed by atoms with Crippen LogP contribution in [0, 0.1) is 0 Å². The average molecular weight is 449 g/mol. The van der Waals surface area contributed by atoms with E-state index in [0.29, 0.717) is 31.0 Å². The van der Waals surface area contributed by atoms with Crippen molar-refractivity contribution in [1.82, 2.24) is 19.5 Å². The summed E-state index contributed by atoms with van der Waals surface area (Å²) in [5.41, 5.74) is 4.99. The van der Waals surface area contributed by atoms with E-state index in [1.165, 1.54) is 38.9 Å². The zero-order valence-electron chi connectivity index (χ0n) is 16.9. The van der Waals surface area contributed by atoms with E-state index in [1.54, 1.807) is 0 Å². The van der Waals surface area contributed by atoms with Crippen molar-refractivity contribution in [3.05, 3.63) is 38.6 Å². The van der Waals surface area contributed by atoms with E-state index in [2.05, 4.69) is 15.0 Å². The first-order valence-electron chi connectivity index (χ1n) is 9.71. The molecule has 3 aromatic rings. The van der Waals surface area contributed by atoms with Gasteiger partial charge < -0.3 is 10.6 Å². The van der Waals surface area contributed by atoms with Crippen molar-refractivity contribution in [2.24, 2.45) is 0 Å². The first-order chi connectivity index (χ1) is 14.5. The summed E-state index contributed by atoms with van der Waals surface area (Å²) in [4.78, 5) is 50.9. The Morgan fingerprint density at radius 2 is 2.10 bits per heavy atom. The fraction of sp³-hybridized carbons (Fsp3) is 0.421. The Labute approximate surface area is 181 Å². The number of aromatic nitrogens is 4. The third-order valence-corrected chi connectivity index (χ3v) is 6.34. The highest BCUT2D eigenvalue weighted by molar-refractivity contribution is 8.00. The number of nitrogens with two attached hydrogens (primary N) is 1. The Balaban J connectivity index is 1.91. The number of nitrogen functional groups attached to an aromatic ring is 1. The van der Waals surface area contributed by atoms with Crippen molar-refractivity contribution < 1.29 is 4.79 Å². The Bertz CT molecular complexity index is 1150. The number of hydrogen-bond donors (Lipinski definition) is 2. The predicted octanol–water partition coefficient (Wildman–Crippen LogP) is 2.46. The van der Waals surface area contributed by atoms with E-state index in [9.17, 15) is 14.4 Å². The normalized spacial score (nSPS) is 11.1. The van der Waals surface area contributed by atoms with Gasteiger partial charge in [0.1, 0.15) is 22.0 Å². The Kier molecular flexibility index (Phi) is 7.27. The number of aromatic amines is 1. The Morgan fingerprint density at radius 3 is 2.83 bits per heavy atom. The van der Waals surface area contributed by atoms with Crippen LogP contribution in [0.5, 0.6) is 0 Å². The molecule has 0 saturated carbocycles. The van der Waals surface area contributed by atoms with Gasteiger partial charge in [-0.2, -0.15) is 0 Å². The molecule has 30 heavy (non-hydrogen) atoms. The molecule has 0 radical (unpaired) electrons. The van der Waals surface area contributed by atoms with Gasteiger partial charge in [0.25, 0.3) is 5.56 Å². The highest BCUT2D eigenvalue weighted by atomic mass is 32.2. The maximum absolute atomic E-state index is 13.1. The van der Waals surface area contributed by atoms with E-state index >= 15 is 0 Å². The number of fused-ring (bicyclic) bond motifs is 1. The van der Waals surface area contributed by atoms with Gasteiger partial charge >= 0.3 is 5.69 Å². The zero-order chi connectivity index (χ0) is 21.7. The fourth-order valence-electron chi connectivity index (χ4n) is 3.05. The summed E-state index contributed by atoms with van der Waals surface area (Å²) in [6.45, 7) is 4.60. The van der Waals surface area contributed by atoms with E-state index in [4.69, 9.17) is 5.73 Å². The van der Waals surface area contributed by atoms with E-state index in [0.717, 1.165) is 16.6 Å². The minimum absolute atomic E-state index is 0.0160. The molecule has 0 saturated heterocycles. The highest BCUT2D eigenvalue weighted by Crippen LogP contribution is 2.28. The summed E-state index contributed by atoms with van der Waals surface area (Å²) in [5.74, 6) is -0.172. The number of anilines is 2. The lowest BCUT2D eigenvalue weighted by Crippen LogP contribution is -2.42. The number of nitrogens with zero attached hydrogens (tertiary/aromatic N) is 4. The zero-order valence-corrected chi connectivity index (χ0v) is 18.5. The molecule has 11 heteroatoms. The van der Waals surface area contributed by atoms with Crippen molar-refractivity contribution in [3.63, 3.8) is 0 Å². The van der Waals surface area contributed by atoms with Gasteiger partial charge in [-0.3, -0.25) is 19.1 Å². The predicted molar refractivity (Wildman–Crippen MR) is 121 cm³/mol. The second kappa shape index (κ2) is 9.90. The van der Waals surface area contributed by atoms with Gasteiger partial charge in [0, 0.05) is 18.5 Å². The molecule has 0 aliphatic rings. The number of carbonyl (C=O) groups excluding carboxylic acids is 1. The van der Waals surface area contributed by atoms with Gasteiger partial charge in [0.05, 0.1) is 5.75 Å². The molecule has 0 aliphatic carbocycles. The molecule has 3 aromatic heterocycles. The first-order valence-corrected chi connectivity index (χ1v) is 11.6. The van der Waals surface area contributed by atoms with Crippen molar-refractivity contribution in [3.8, 4) is 0 Å². The van der Waals surface area contributed by atoms with E-state index < -0.39 is 11.2 Å². The number of hydrogen-bond acceptors (Lipinski definition) is 8. The quantitative estimate of drug-likeness (QED) is 0.380. The third-order valence-electron chi connectivity index (χ3n) is 4.53. The van der Waals surface area contributed by atoms with Gasteiger partial charge in [-0.05, 0) is 24.3 Å². The molecule has 3 N–H and O–H groups in total. The minimum Gasteiger partial charge on any atom is -0.383 e. The fourth-order valence-corrected chi connectivity index (χ4v) is 4.71. The molecular weight excluding hydrogens is 424 g/mol. The summed E-state index contributed by atoms with van der Waals surface area (Å²) in [6, 6.07) is 1.92. The van der Waals surface area contributed by atoms with Gasteiger partial charge in [-0.1, -0.05) is 32.0 Å². The Hall–Kier alpha value is -2.66. The summed E-state index contributed by atoms with van der Waals surface area (Å²) < 4.78 is 1.30. The lowest BCUT2D eigenvalue weighted by atomic mass is 10.2. The SMILES string of the molecule is CCCCN(C(=O)CSc1ncnc2sccc12)c1c(N)n(CCC)c(=O)[nH]c1=O. The maximum Gasteiger partial charge on any atom is 0.330 e. The molecule has 0 atom stereocenters. The van der Waals surface area contributed by atoms with E-state index in [1.807, 2.05) is 25.3 Å². The standard InChI is InChI=1S/C19H24N6O3S2/c1-3-5-8-24(14-15(20)25(7-4-2)19(28)23-16(14)27)13(26)10-30-18-12-6-9-29-17(12)21-11-22-18/h6,9,11H,3-5,7-8,10,20H2,1-2H3,(H,23,27,28). The second-order valence-corrected chi connectivity index (χ2v) is 8.51. The summed E-state index contributed by atoms with van der Waals surface area (Å²) in [7, 11) is 0. The van der Waals surface area contributed by atoms with Gasteiger partial charge in [0.2, 0.25) is 5.91 Å². The van der Waals surface area contributed by atoms with Crippen molar-refractivity contribution in [2.75, 3.05) is 22.9 Å². The van der Waals surface area contributed by atoms with Crippen molar-refractivity contribution >= 4 is 50.7 Å². The lowest BCUT2D eigenvalue weighted by molar-refractivity contribution is -0.116. The molecule has 3 heterocycles.